The summed E-state index contributed by atoms with van der Waals surface area (Å²) in [5.41, 5.74) is 2.98. The van der Waals surface area contributed by atoms with Crippen LogP contribution in [0.25, 0.3) is 0 Å². The maximum absolute atomic E-state index is 13.0. The Bertz CT molecular complexity index is 814. The number of carbonyl (C=O) groups excluding carboxylic acids is 2. The van der Waals surface area contributed by atoms with Gasteiger partial charge >= 0.3 is 0 Å². The van der Waals surface area contributed by atoms with Crippen LogP contribution in [0.2, 0.25) is 0 Å². The lowest BCUT2D eigenvalue weighted by atomic mass is 10.0. The first kappa shape index (κ1) is 18.5. The Labute approximate surface area is 166 Å². The fraction of sp³-hybridized carbons (Fsp3) is 0.391. The number of hydrogen-bond donors (Lipinski definition) is 1. The molecule has 2 aromatic rings. The van der Waals surface area contributed by atoms with Crippen molar-refractivity contribution in [2.45, 2.75) is 31.7 Å². The van der Waals surface area contributed by atoms with Crippen molar-refractivity contribution in [3.8, 4) is 0 Å². The van der Waals surface area contributed by atoms with E-state index in [1.807, 2.05) is 54.6 Å². The number of amides is 2. The van der Waals surface area contributed by atoms with Crippen molar-refractivity contribution in [3.05, 3.63) is 65.7 Å². The second-order valence-electron chi connectivity index (χ2n) is 7.73. The molecular weight excluding hydrogens is 350 g/mol. The van der Waals surface area contributed by atoms with Crippen LogP contribution in [0.4, 0.5) is 5.69 Å². The maximum atomic E-state index is 13.0. The molecule has 2 aliphatic heterocycles. The second-order valence-corrected chi connectivity index (χ2v) is 7.73. The van der Waals surface area contributed by atoms with Gasteiger partial charge in [0.2, 0.25) is 5.91 Å². The number of benzene rings is 2. The van der Waals surface area contributed by atoms with Gasteiger partial charge in [0.1, 0.15) is 0 Å². The summed E-state index contributed by atoms with van der Waals surface area (Å²) in [5.74, 6) is -0.163. The van der Waals surface area contributed by atoms with Gasteiger partial charge in [-0.15, -0.1) is 0 Å². The zero-order valence-corrected chi connectivity index (χ0v) is 16.1. The quantitative estimate of drug-likeness (QED) is 0.891. The molecule has 0 unspecified atom stereocenters. The number of carbonyl (C=O) groups is 2. The van der Waals surface area contributed by atoms with Crippen LogP contribution in [-0.4, -0.2) is 48.9 Å². The van der Waals surface area contributed by atoms with Gasteiger partial charge in [-0.1, -0.05) is 30.3 Å². The van der Waals surface area contributed by atoms with E-state index in [0.717, 1.165) is 25.1 Å². The van der Waals surface area contributed by atoms with E-state index in [1.165, 1.54) is 24.9 Å². The van der Waals surface area contributed by atoms with Gasteiger partial charge < -0.3 is 15.1 Å². The van der Waals surface area contributed by atoms with Crippen LogP contribution in [0.3, 0.4) is 0 Å². The van der Waals surface area contributed by atoms with E-state index in [9.17, 15) is 9.59 Å². The van der Waals surface area contributed by atoms with Crippen molar-refractivity contribution in [1.29, 1.82) is 0 Å². The van der Waals surface area contributed by atoms with E-state index >= 15 is 0 Å². The van der Waals surface area contributed by atoms with Gasteiger partial charge in [0, 0.05) is 30.9 Å². The van der Waals surface area contributed by atoms with E-state index in [0.29, 0.717) is 12.1 Å². The summed E-state index contributed by atoms with van der Waals surface area (Å²) < 4.78 is 0. The lowest BCUT2D eigenvalue weighted by Crippen LogP contribution is -2.56. The molecule has 1 N–H and O–H groups in total. The third-order valence-electron chi connectivity index (χ3n) is 5.59. The summed E-state index contributed by atoms with van der Waals surface area (Å²) in [6.45, 7) is 2.83. The van der Waals surface area contributed by atoms with E-state index < -0.39 is 0 Å². The van der Waals surface area contributed by atoms with Gasteiger partial charge in [0.15, 0.2) is 0 Å². The topological polar surface area (TPSA) is 52.7 Å². The third kappa shape index (κ3) is 4.35. The molecule has 5 nitrogen and oxygen atoms in total. The summed E-state index contributed by atoms with van der Waals surface area (Å²) in [4.78, 5) is 29.2. The van der Waals surface area contributed by atoms with Gasteiger partial charge in [-0.05, 0) is 55.5 Å². The SMILES string of the molecule is O=C1CN(C(=O)c2ccc(N3CCCCC3)cc2)C[C@H](Cc2ccccc2)N1. The number of anilines is 1. The first-order valence-electron chi connectivity index (χ1n) is 10.2. The van der Waals surface area contributed by atoms with Crippen molar-refractivity contribution in [2.24, 2.45) is 0 Å². The van der Waals surface area contributed by atoms with E-state index in [-0.39, 0.29) is 24.4 Å². The first-order chi connectivity index (χ1) is 13.7. The number of piperidine rings is 1. The molecule has 1 atom stereocenters. The number of nitrogens with zero attached hydrogens (tertiary/aromatic N) is 2. The number of rotatable bonds is 4. The molecule has 2 aromatic carbocycles. The summed E-state index contributed by atoms with van der Waals surface area (Å²) in [5, 5.41) is 3.01. The van der Waals surface area contributed by atoms with Crippen molar-refractivity contribution in [1.82, 2.24) is 10.2 Å². The summed E-state index contributed by atoms with van der Waals surface area (Å²) in [7, 11) is 0. The average Bonchev–Trinajstić information content (AvgIpc) is 2.74. The molecule has 2 saturated heterocycles. The summed E-state index contributed by atoms with van der Waals surface area (Å²) >= 11 is 0. The molecule has 2 amide bonds. The zero-order valence-electron chi connectivity index (χ0n) is 16.1. The van der Waals surface area contributed by atoms with Gasteiger partial charge in [-0.25, -0.2) is 0 Å². The zero-order chi connectivity index (χ0) is 19.3. The Morgan fingerprint density at radius 2 is 1.68 bits per heavy atom. The highest BCUT2D eigenvalue weighted by Gasteiger charge is 2.28. The highest BCUT2D eigenvalue weighted by Crippen LogP contribution is 2.21. The summed E-state index contributed by atoms with van der Waals surface area (Å²) in [6.07, 6.45) is 4.48. The third-order valence-corrected chi connectivity index (χ3v) is 5.59. The minimum atomic E-state index is -0.0922. The lowest BCUT2D eigenvalue weighted by molar-refractivity contribution is -0.124. The molecule has 0 aromatic heterocycles. The monoisotopic (exact) mass is 377 g/mol. The largest absolute Gasteiger partial charge is 0.372 e. The Balaban J connectivity index is 1.42. The minimum Gasteiger partial charge on any atom is -0.372 e. The number of nitrogens with one attached hydrogen (secondary N) is 1. The van der Waals surface area contributed by atoms with Gasteiger partial charge in [-0.3, -0.25) is 9.59 Å². The molecule has 28 heavy (non-hydrogen) atoms. The molecule has 0 spiro atoms. The Hall–Kier alpha value is -2.82. The summed E-state index contributed by atoms with van der Waals surface area (Å²) in [6, 6.07) is 17.9. The lowest BCUT2D eigenvalue weighted by Gasteiger charge is -2.33. The minimum absolute atomic E-state index is 0.0553. The van der Waals surface area contributed by atoms with Crippen LogP contribution in [0, 0.1) is 0 Å². The van der Waals surface area contributed by atoms with Crippen molar-refractivity contribution < 1.29 is 9.59 Å². The maximum Gasteiger partial charge on any atom is 0.254 e. The fourth-order valence-corrected chi connectivity index (χ4v) is 4.14. The molecule has 4 rings (SSSR count). The van der Waals surface area contributed by atoms with E-state index in [1.54, 1.807) is 4.90 Å². The molecule has 2 aliphatic rings. The second kappa shape index (κ2) is 8.46. The van der Waals surface area contributed by atoms with Crippen LogP contribution >= 0.6 is 0 Å². The molecule has 0 saturated carbocycles. The highest BCUT2D eigenvalue weighted by molar-refractivity contribution is 5.97. The Kier molecular flexibility index (Phi) is 5.60. The Morgan fingerprint density at radius 3 is 2.39 bits per heavy atom. The van der Waals surface area contributed by atoms with E-state index in [4.69, 9.17) is 0 Å². The van der Waals surface area contributed by atoms with Crippen LogP contribution < -0.4 is 10.2 Å². The molecule has 0 aliphatic carbocycles. The molecule has 2 fully saturated rings. The van der Waals surface area contributed by atoms with Gasteiger partial charge in [0.05, 0.1) is 12.6 Å². The van der Waals surface area contributed by atoms with Crippen molar-refractivity contribution in [2.75, 3.05) is 31.1 Å². The normalized spacial score (nSPS) is 20.0. The van der Waals surface area contributed by atoms with Crippen LogP contribution in [0.1, 0.15) is 35.2 Å². The highest BCUT2D eigenvalue weighted by atomic mass is 16.2. The molecular formula is C23H27N3O2. The predicted molar refractivity (Wildman–Crippen MR) is 110 cm³/mol. The van der Waals surface area contributed by atoms with Crippen molar-refractivity contribution in [3.63, 3.8) is 0 Å². The first-order valence-corrected chi connectivity index (χ1v) is 10.2. The number of piperazine rings is 1. The number of hydrogen-bond acceptors (Lipinski definition) is 3. The van der Waals surface area contributed by atoms with Crippen LogP contribution in [-0.2, 0) is 11.2 Å². The molecule has 2 heterocycles. The molecule has 0 bridgehead atoms. The molecule has 0 radical (unpaired) electrons. The fourth-order valence-electron chi connectivity index (χ4n) is 4.14. The van der Waals surface area contributed by atoms with Crippen molar-refractivity contribution >= 4 is 17.5 Å². The van der Waals surface area contributed by atoms with Crippen LogP contribution in [0.5, 0.6) is 0 Å². The standard InChI is InChI=1S/C23H27N3O2/c27-22-17-26(16-20(24-22)15-18-7-3-1-4-8-18)23(28)19-9-11-21(12-10-19)25-13-5-2-6-14-25/h1,3-4,7-12,20H,2,5-6,13-17H2,(H,24,27)/t20-/m0/s1. The molecule has 5 heteroatoms. The van der Waals surface area contributed by atoms with E-state index in [2.05, 4.69) is 10.2 Å². The molecule has 146 valence electrons. The Morgan fingerprint density at radius 1 is 0.964 bits per heavy atom. The van der Waals surface area contributed by atoms with Gasteiger partial charge in [0.25, 0.3) is 5.91 Å². The van der Waals surface area contributed by atoms with Gasteiger partial charge in [-0.2, -0.15) is 0 Å². The predicted octanol–water partition coefficient (Wildman–Crippen LogP) is 2.86. The van der Waals surface area contributed by atoms with Crippen LogP contribution in [0.15, 0.2) is 54.6 Å². The average molecular weight is 377 g/mol. The smallest absolute Gasteiger partial charge is 0.254 e.